The van der Waals surface area contributed by atoms with Crippen LogP contribution >= 0.6 is 0 Å². The Bertz CT molecular complexity index is 1720. The number of aromatic nitrogens is 4. The SMILES string of the molecule is O=C(O)CCNC(=O)c1nc(-c2ccnnc2)c2c(cc(-c3ccccc3)c(=O)n2Cc2ccccc2)c1O. The molecule has 0 saturated heterocycles. The molecular formula is C29H23N5O5. The molecule has 5 rings (SSSR count). The van der Waals surface area contributed by atoms with Gasteiger partial charge < -0.3 is 20.1 Å². The predicted octanol–water partition coefficient (Wildman–Crippen LogP) is 3.48. The Hall–Kier alpha value is -5.38. The highest BCUT2D eigenvalue weighted by Crippen LogP contribution is 2.36. The molecule has 1 amide bonds. The molecule has 0 unspecified atom stereocenters. The van der Waals surface area contributed by atoms with Gasteiger partial charge >= 0.3 is 5.97 Å². The van der Waals surface area contributed by atoms with Gasteiger partial charge in [0.2, 0.25) is 0 Å². The highest BCUT2D eigenvalue weighted by Gasteiger charge is 2.24. The number of amides is 1. The van der Waals surface area contributed by atoms with Gasteiger partial charge in [-0.05, 0) is 23.3 Å². The van der Waals surface area contributed by atoms with Gasteiger partial charge in [-0.25, -0.2) is 4.98 Å². The molecular weight excluding hydrogens is 498 g/mol. The molecule has 3 aromatic heterocycles. The lowest BCUT2D eigenvalue weighted by Crippen LogP contribution is -2.28. The average Bonchev–Trinajstić information content (AvgIpc) is 2.96. The zero-order valence-corrected chi connectivity index (χ0v) is 20.6. The first-order chi connectivity index (χ1) is 18.9. The number of fused-ring (bicyclic) bond motifs is 1. The number of nitrogens with zero attached hydrogens (tertiary/aromatic N) is 4. The maximum absolute atomic E-state index is 14.0. The largest absolute Gasteiger partial charge is 0.505 e. The van der Waals surface area contributed by atoms with Crippen molar-refractivity contribution in [3.05, 3.63) is 107 Å². The number of hydrogen-bond acceptors (Lipinski definition) is 7. The quantitative estimate of drug-likeness (QED) is 0.281. The number of carbonyl (C=O) groups excluding carboxylic acids is 1. The summed E-state index contributed by atoms with van der Waals surface area (Å²) in [5, 5.41) is 30.8. The summed E-state index contributed by atoms with van der Waals surface area (Å²) in [7, 11) is 0. The van der Waals surface area contributed by atoms with Gasteiger partial charge in [0.25, 0.3) is 11.5 Å². The lowest BCUT2D eigenvalue weighted by Gasteiger charge is -2.18. The molecule has 0 bridgehead atoms. The lowest BCUT2D eigenvalue weighted by molar-refractivity contribution is -0.136. The third-order valence-corrected chi connectivity index (χ3v) is 6.18. The normalized spacial score (nSPS) is 10.9. The smallest absolute Gasteiger partial charge is 0.305 e. The van der Waals surface area contributed by atoms with E-state index in [0.29, 0.717) is 22.2 Å². The Morgan fingerprint density at radius 3 is 2.31 bits per heavy atom. The predicted molar refractivity (Wildman–Crippen MR) is 144 cm³/mol. The molecule has 0 aliphatic rings. The first-order valence-electron chi connectivity index (χ1n) is 12.1. The van der Waals surface area contributed by atoms with Crippen LogP contribution in [0.25, 0.3) is 33.3 Å². The van der Waals surface area contributed by atoms with Gasteiger partial charge in [-0.15, -0.1) is 0 Å². The molecule has 0 saturated carbocycles. The summed E-state index contributed by atoms with van der Waals surface area (Å²) in [5.41, 5.74) is 2.25. The number of carboxylic acid groups (broad SMARTS) is 1. The van der Waals surface area contributed by atoms with E-state index in [1.54, 1.807) is 24.3 Å². The van der Waals surface area contributed by atoms with Crippen LogP contribution in [0, 0.1) is 0 Å². The monoisotopic (exact) mass is 521 g/mol. The van der Waals surface area contributed by atoms with E-state index in [-0.39, 0.29) is 41.8 Å². The molecule has 0 radical (unpaired) electrons. The van der Waals surface area contributed by atoms with Crippen LogP contribution in [0.1, 0.15) is 22.5 Å². The molecule has 0 fully saturated rings. The second-order valence-electron chi connectivity index (χ2n) is 8.75. The number of hydrogen-bond donors (Lipinski definition) is 3. The van der Waals surface area contributed by atoms with Crippen molar-refractivity contribution in [3.63, 3.8) is 0 Å². The van der Waals surface area contributed by atoms with Crippen LogP contribution in [-0.2, 0) is 11.3 Å². The Morgan fingerprint density at radius 1 is 0.923 bits per heavy atom. The van der Waals surface area contributed by atoms with Crippen LogP contribution in [0.3, 0.4) is 0 Å². The first kappa shape index (κ1) is 25.3. The Morgan fingerprint density at radius 2 is 1.64 bits per heavy atom. The van der Waals surface area contributed by atoms with Crippen LogP contribution in [0.2, 0.25) is 0 Å². The molecule has 194 valence electrons. The van der Waals surface area contributed by atoms with Gasteiger partial charge in [0.1, 0.15) is 0 Å². The number of benzene rings is 2. The van der Waals surface area contributed by atoms with E-state index in [1.165, 1.54) is 17.0 Å². The molecule has 0 aliphatic carbocycles. The van der Waals surface area contributed by atoms with Crippen LogP contribution in [0.5, 0.6) is 5.75 Å². The van der Waals surface area contributed by atoms with Gasteiger partial charge in [-0.3, -0.25) is 14.4 Å². The Kier molecular flexibility index (Phi) is 7.09. The van der Waals surface area contributed by atoms with E-state index >= 15 is 0 Å². The van der Waals surface area contributed by atoms with Crippen molar-refractivity contribution in [2.24, 2.45) is 0 Å². The minimum atomic E-state index is -1.08. The Balaban J connectivity index is 1.83. The number of aliphatic carboxylic acids is 1. The van der Waals surface area contributed by atoms with Crippen molar-refractivity contribution in [3.8, 4) is 28.1 Å². The lowest BCUT2D eigenvalue weighted by atomic mass is 10.0. The van der Waals surface area contributed by atoms with Gasteiger partial charge in [-0.2, -0.15) is 10.2 Å². The third kappa shape index (κ3) is 5.21. The number of nitrogens with one attached hydrogen (secondary N) is 1. The number of rotatable bonds is 8. The zero-order chi connectivity index (χ0) is 27.4. The highest BCUT2D eigenvalue weighted by atomic mass is 16.4. The molecule has 3 heterocycles. The Labute approximate surface area is 222 Å². The fourth-order valence-corrected chi connectivity index (χ4v) is 4.35. The fourth-order valence-electron chi connectivity index (χ4n) is 4.35. The number of pyridine rings is 2. The molecule has 0 atom stereocenters. The van der Waals surface area contributed by atoms with E-state index in [1.807, 2.05) is 48.5 Å². The highest BCUT2D eigenvalue weighted by molar-refractivity contribution is 6.06. The van der Waals surface area contributed by atoms with E-state index < -0.39 is 17.6 Å². The second-order valence-corrected chi connectivity index (χ2v) is 8.75. The standard InChI is InChI=1S/C29H23N5O5/c35-23(36)12-13-30-28(38)25-27(37)22-15-21(19-9-5-2-6-10-19)29(39)34(17-18-7-3-1-4-8-18)26(22)24(33-25)20-11-14-31-32-16-20/h1-11,14-16,37H,12-13,17H2,(H,30,38)(H,35,36). The van der Waals surface area contributed by atoms with Crippen molar-refractivity contribution < 1.29 is 19.8 Å². The van der Waals surface area contributed by atoms with Crippen molar-refractivity contribution in [1.82, 2.24) is 25.1 Å². The molecule has 5 aromatic rings. The molecule has 2 aromatic carbocycles. The molecule has 0 spiro atoms. The minimum Gasteiger partial charge on any atom is -0.505 e. The summed E-state index contributed by atoms with van der Waals surface area (Å²) >= 11 is 0. The van der Waals surface area contributed by atoms with Crippen molar-refractivity contribution in [2.45, 2.75) is 13.0 Å². The summed E-state index contributed by atoms with van der Waals surface area (Å²) in [6, 6.07) is 21.6. The van der Waals surface area contributed by atoms with Crippen molar-refractivity contribution in [1.29, 1.82) is 0 Å². The van der Waals surface area contributed by atoms with E-state index in [2.05, 4.69) is 20.5 Å². The van der Waals surface area contributed by atoms with Crippen LogP contribution < -0.4 is 10.9 Å². The van der Waals surface area contributed by atoms with E-state index in [4.69, 9.17) is 5.11 Å². The molecule has 0 aliphatic heterocycles. The van der Waals surface area contributed by atoms with Crippen molar-refractivity contribution >= 4 is 22.8 Å². The van der Waals surface area contributed by atoms with Gasteiger partial charge in [-0.1, -0.05) is 60.7 Å². The first-order valence-corrected chi connectivity index (χ1v) is 12.1. The van der Waals surface area contributed by atoms with Crippen LogP contribution in [0.4, 0.5) is 0 Å². The summed E-state index contributed by atoms with van der Waals surface area (Å²) in [4.78, 5) is 42.5. The van der Waals surface area contributed by atoms with Crippen molar-refractivity contribution in [2.75, 3.05) is 6.54 Å². The molecule has 3 N–H and O–H groups in total. The zero-order valence-electron chi connectivity index (χ0n) is 20.6. The van der Waals surface area contributed by atoms with Gasteiger partial charge in [0.15, 0.2) is 11.4 Å². The minimum absolute atomic E-state index is 0.151. The maximum Gasteiger partial charge on any atom is 0.305 e. The number of aromatic hydroxyl groups is 1. The second kappa shape index (κ2) is 10.9. The van der Waals surface area contributed by atoms with Gasteiger partial charge in [0.05, 0.1) is 36.6 Å². The molecule has 10 heteroatoms. The van der Waals surface area contributed by atoms with E-state index in [0.717, 1.165) is 5.56 Å². The maximum atomic E-state index is 14.0. The average molecular weight is 522 g/mol. The molecule has 10 nitrogen and oxygen atoms in total. The fraction of sp³-hybridized carbons (Fsp3) is 0.103. The summed E-state index contributed by atoms with van der Waals surface area (Å²) in [5.74, 6) is -2.25. The van der Waals surface area contributed by atoms with Gasteiger partial charge in [0, 0.05) is 23.1 Å². The van der Waals surface area contributed by atoms with Crippen LogP contribution in [0.15, 0.2) is 90.0 Å². The van der Waals surface area contributed by atoms with Crippen LogP contribution in [-0.4, -0.2) is 48.4 Å². The summed E-state index contributed by atoms with van der Waals surface area (Å²) < 4.78 is 1.53. The number of carbonyl (C=O) groups is 2. The summed E-state index contributed by atoms with van der Waals surface area (Å²) in [6.45, 7) is 0.0237. The number of carboxylic acids is 1. The molecule has 39 heavy (non-hydrogen) atoms. The third-order valence-electron chi connectivity index (χ3n) is 6.18. The summed E-state index contributed by atoms with van der Waals surface area (Å²) in [6.07, 6.45) is 2.61. The van der Waals surface area contributed by atoms with E-state index in [9.17, 15) is 19.5 Å². The topological polar surface area (TPSA) is 147 Å².